The lowest BCUT2D eigenvalue weighted by Crippen LogP contribution is -2.20. The van der Waals surface area contributed by atoms with Crippen LogP contribution < -0.4 is 5.32 Å². The normalized spacial score (nSPS) is 14.8. The molecule has 2 aromatic rings. The summed E-state index contributed by atoms with van der Waals surface area (Å²) in [6, 6.07) is 15.9. The minimum absolute atomic E-state index is 0.169. The highest BCUT2D eigenvalue weighted by atomic mass is 35.5. The summed E-state index contributed by atoms with van der Waals surface area (Å²) in [5.41, 5.74) is 2.14. The summed E-state index contributed by atoms with van der Waals surface area (Å²) in [7, 11) is 0. The van der Waals surface area contributed by atoms with Crippen LogP contribution in [0, 0.1) is 5.92 Å². The lowest BCUT2D eigenvalue weighted by Gasteiger charge is -2.14. The maximum Gasteiger partial charge on any atom is 0.227 e. The van der Waals surface area contributed by atoms with Gasteiger partial charge in [-0.05, 0) is 42.7 Å². The van der Waals surface area contributed by atoms with Gasteiger partial charge in [0, 0.05) is 21.6 Å². The molecule has 1 amide bonds. The fraction of sp³-hybridized carbons (Fsp3) is 0.316. The number of rotatable bonds is 5. The zero-order valence-corrected chi connectivity index (χ0v) is 14.5. The Hall–Kier alpha value is -1.45. The molecule has 1 saturated carbocycles. The number of hydrogen-bond donors (Lipinski definition) is 1. The Morgan fingerprint density at radius 3 is 2.52 bits per heavy atom. The molecule has 120 valence electrons. The molecule has 1 aliphatic carbocycles. The molecule has 0 unspecified atom stereocenters. The van der Waals surface area contributed by atoms with E-state index in [2.05, 4.69) is 11.4 Å². The van der Waals surface area contributed by atoms with Crippen LogP contribution in [-0.2, 0) is 10.5 Å². The molecule has 1 N–H and O–H groups in total. The van der Waals surface area contributed by atoms with Gasteiger partial charge in [-0.15, -0.1) is 11.8 Å². The number of nitrogens with one attached hydrogen (secondary N) is 1. The molecule has 2 nitrogen and oxygen atoms in total. The monoisotopic (exact) mass is 345 g/mol. The molecule has 3 rings (SSSR count). The van der Waals surface area contributed by atoms with Gasteiger partial charge in [-0.3, -0.25) is 4.79 Å². The van der Waals surface area contributed by atoms with Gasteiger partial charge >= 0.3 is 0 Å². The molecule has 0 saturated heterocycles. The number of carbonyl (C=O) groups is 1. The molecule has 4 heteroatoms. The van der Waals surface area contributed by atoms with Crippen molar-refractivity contribution < 1.29 is 4.79 Å². The molecule has 0 spiro atoms. The predicted octanol–water partition coefficient (Wildman–Crippen LogP) is 5.76. The van der Waals surface area contributed by atoms with Crippen LogP contribution in [0.25, 0.3) is 0 Å². The zero-order valence-electron chi connectivity index (χ0n) is 12.9. The van der Waals surface area contributed by atoms with Crippen molar-refractivity contribution >= 4 is 35.0 Å². The Morgan fingerprint density at radius 2 is 1.78 bits per heavy atom. The van der Waals surface area contributed by atoms with E-state index in [0.717, 1.165) is 34.2 Å². The minimum atomic E-state index is 0.169. The van der Waals surface area contributed by atoms with E-state index in [1.54, 1.807) is 11.8 Å². The van der Waals surface area contributed by atoms with Gasteiger partial charge in [-0.25, -0.2) is 0 Å². The van der Waals surface area contributed by atoms with Gasteiger partial charge in [0.15, 0.2) is 0 Å². The van der Waals surface area contributed by atoms with Crippen molar-refractivity contribution in [1.29, 1.82) is 0 Å². The van der Waals surface area contributed by atoms with Crippen molar-refractivity contribution in [1.82, 2.24) is 0 Å². The van der Waals surface area contributed by atoms with Crippen LogP contribution in [0.3, 0.4) is 0 Å². The Bertz CT molecular complexity index is 665. The van der Waals surface area contributed by atoms with Crippen LogP contribution in [0.1, 0.15) is 31.2 Å². The van der Waals surface area contributed by atoms with E-state index in [0.29, 0.717) is 0 Å². The van der Waals surface area contributed by atoms with E-state index in [9.17, 15) is 4.79 Å². The summed E-state index contributed by atoms with van der Waals surface area (Å²) in [6.07, 6.45) is 4.38. The predicted molar refractivity (Wildman–Crippen MR) is 98.0 cm³/mol. The van der Waals surface area contributed by atoms with Crippen molar-refractivity contribution in [3.05, 3.63) is 59.1 Å². The minimum Gasteiger partial charge on any atom is -0.325 e. The zero-order chi connectivity index (χ0) is 16.1. The highest BCUT2D eigenvalue weighted by molar-refractivity contribution is 7.98. The highest BCUT2D eigenvalue weighted by Gasteiger charge is 2.23. The van der Waals surface area contributed by atoms with Gasteiger partial charge in [0.1, 0.15) is 0 Å². The second-order valence-electron chi connectivity index (χ2n) is 5.88. The quantitative estimate of drug-likeness (QED) is 0.698. The van der Waals surface area contributed by atoms with Gasteiger partial charge in [-0.2, -0.15) is 0 Å². The molecule has 0 bridgehead atoms. The van der Waals surface area contributed by atoms with Crippen LogP contribution in [0.15, 0.2) is 53.4 Å². The Kier molecular flexibility index (Phi) is 5.63. The molecule has 0 atom stereocenters. The van der Waals surface area contributed by atoms with E-state index < -0.39 is 0 Å². The number of amides is 1. The number of anilines is 1. The molecule has 0 aromatic heterocycles. The first-order chi connectivity index (χ1) is 11.2. The molecule has 1 aliphatic rings. The third kappa shape index (κ3) is 4.52. The van der Waals surface area contributed by atoms with E-state index in [-0.39, 0.29) is 11.8 Å². The molecule has 0 radical (unpaired) electrons. The van der Waals surface area contributed by atoms with Crippen molar-refractivity contribution in [2.75, 3.05) is 5.32 Å². The van der Waals surface area contributed by atoms with Gasteiger partial charge in [0.05, 0.1) is 5.69 Å². The summed E-state index contributed by atoms with van der Waals surface area (Å²) in [5, 5.41) is 3.87. The van der Waals surface area contributed by atoms with Crippen LogP contribution in [-0.4, -0.2) is 5.91 Å². The first-order valence-corrected chi connectivity index (χ1v) is 9.36. The van der Waals surface area contributed by atoms with Gasteiger partial charge in [0.25, 0.3) is 0 Å². The van der Waals surface area contributed by atoms with E-state index >= 15 is 0 Å². The topological polar surface area (TPSA) is 29.1 Å². The smallest absolute Gasteiger partial charge is 0.227 e. The van der Waals surface area contributed by atoms with Crippen molar-refractivity contribution in [3.63, 3.8) is 0 Å². The van der Waals surface area contributed by atoms with Gasteiger partial charge < -0.3 is 5.32 Å². The molecule has 1 fully saturated rings. The summed E-state index contributed by atoms with van der Waals surface area (Å²) < 4.78 is 0. The lowest BCUT2D eigenvalue weighted by atomic mass is 10.1. The van der Waals surface area contributed by atoms with E-state index in [1.165, 1.54) is 18.4 Å². The van der Waals surface area contributed by atoms with Crippen LogP contribution in [0.4, 0.5) is 5.69 Å². The molecular formula is C19H20ClNOS. The molecule has 0 aliphatic heterocycles. The Balaban J connectivity index is 1.65. The summed E-state index contributed by atoms with van der Waals surface area (Å²) >= 11 is 7.65. The molecular weight excluding hydrogens is 326 g/mol. The average Bonchev–Trinajstić information content (AvgIpc) is 3.10. The second-order valence-corrected chi connectivity index (χ2v) is 7.34. The highest BCUT2D eigenvalue weighted by Crippen LogP contribution is 2.32. The maximum atomic E-state index is 12.3. The Morgan fingerprint density at radius 1 is 1.09 bits per heavy atom. The van der Waals surface area contributed by atoms with Crippen molar-refractivity contribution in [3.8, 4) is 0 Å². The number of halogens is 1. The van der Waals surface area contributed by atoms with Crippen LogP contribution in [0.5, 0.6) is 0 Å². The Labute approximate surface area is 146 Å². The summed E-state index contributed by atoms with van der Waals surface area (Å²) in [6.45, 7) is 0. The first-order valence-electron chi connectivity index (χ1n) is 7.99. The summed E-state index contributed by atoms with van der Waals surface area (Å²) in [5.74, 6) is 1.21. The average molecular weight is 346 g/mol. The standard InChI is InChI=1S/C19H20ClNOS/c20-16-11-9-14(10-12-16)13-23-18-8-4-3-7-17(18)21-19(22)15-5-1-2-6-15/h3-4,7-12,15H,1-2,5-6,13H2,(H,21,22). The molecule has 23 heavy (non-hydrogen) atoms. The van der Waals surface area contributed by atoms with Crippen molar-refractivity contribution in [2.24, 2.45) is 5.92 Å². The third-order valence-electron chi connectivity index (χ3n) is 4.18. The maximum absolute atomic E-state index is 12.3. The first kappa shape index (κ1) is 16.4. The SMILES string of the molecule is O=C(Nc1ccccc1SCc1ccc(Cl)cc1)C1CCCC1. The number of thioether (sulfide) groups is 1. The fourth-order valence-electron chi connectivity index (χ4n) is 2.86. The second kappa shape index (κ2) is 7.89. The van der Waals surface area contributed by atoms with E-state index in [1.807, 2.05) is 42.5 Å². The lowest BCUT2D eigenvalue weighted by molar-refractivity contribution is -0.119. The summed E-state index contributed by atoms with van der Waals surface area (Å²) in [4.78, 5) is 13.4. The number of benzene rings is 2. The van der Waals surface area contributed by atoms with Crippen molar-refractivity contribution in [2.45, 2.75) is 36.3 Å². The van der Waals surface area contributed by atoms with Crippen LogP contribution >= 0.6 is 23.4 Å². The number of para-hydroxylation sites is 1. The van der Waals surface area contributed by atoms with Crippen LogP contribution in [0.2, 0.25) is 5.02 Å². The fourth-order valence-corrected chi connectivity index (χ4v) is 3.95. The van der Waals surface area contributed by atoms with Gasteiger partial charge in [-0.1, -0.05) is 48.7 Å². The largest absolute Gasteiger partial charge is 0.325 e. The number of hydrogen-bond acceptors (Lipinski definition) is 2. The number of carbonyl (C=O) groups excluding carboxylic acids is 1. The van der Waals surface area contributed by atoms with E-state index in [4.69, 9.17) is 11.6 Å². The van der Waals surface area contributed by atoms with Gasteiger partial charge in [0.2, 0.25) is 5.91 Å². The molecule has 2 aromatic carbocycles. The third-order valence-corrected chi connectivity index (χ3v) is 5.58. The molecule has 0 heterocycles.